The van der Waals surface area contributed by atoms with Crippen LogP contribution in [0.15, 0.2) is 36.0 Å². The van der Waals surface area contributed by atoms with Crippen LogP contribution >= 0.6 is 0 Å². The first kappa shape index (κ1) is 10.8. The Balaban J connectivity index is 2.21. The van der Waals surface area contributed by atoms with Crippen molar-refractivity contribution >= 4 is 0 Å². The molecule has 3 atom stereocenters. The molecule has 3 rings (SSSR count). The van der Waals surface area contributed by atoms with Gasteiger partial charge in [0.25, 0.3) is 5.70 Å². The van der Waals surface area contributed by atoms with E-state index in [9.17, 15) is 18.9 Å². The number of fused-ring (bicyclic) bond motifs is 4. The van der Waals surface area contributed by atoms with Gasteiger partial charge in [0.05, 0.1) is 4.92 Å². The van der Waals surface area contributed by atoms with E-state index in [4.69, 9.17) is 4.11 Å². The number of rotatable bonds is 3. The number of nitrogens with zero attached hydrogens (tertiary/aromatic N) is 2. The molecule has 1 aromatic carbocycles. The Morgan fingerprint density at radius 2 is 2.19 bits per heavy atom. The highest BCUT2D eigenvalue weighted by Crippen LogP contribution is 2.45. The zero-order valence-electron chi connectivity index (χ0n) is 13.8. The van der Waals surface area contributed by atoms with Gasteiger partial charge in [-0.1, -0.05) is 24.3 Å². The van der Waals surface area contributed by atoms with Crippen LogP contribution in [0.3, 0.4) is 0 Å². The second-order valence-corrected chi connectivity index (χ2v) is 4.99. The summed E-state index contributed by atoms with van der Waals surface area (Å²) in [5.74, 6) is -0.414. The average molecular weight is 299 g/mol. The van der Waals surface area contributed by atoms with Gasteiger partial charge in [-0.3, -0.25) is 19.8 Å². The van der Waals surface area contributed by atoms with Gasteiger partial charge < -0.3 is 0 Å². The first-order valence-electron chi connectivity index (χ1n) is 7.87. The fourth-order valence-electron chi connectivity index (χ4n) is 3.02. The van der Waals surface area contributed by atoms with Crippen LogP contribution in [-0.2, 0) is 4.74 Å². The zero-order chi connectivity index (χ0) is 17.6. The summed E-state index contributed by atoms with van der Waals surface area (Å²) in [5, 5.41) is 11.3. The van der Waals surface area contributed by atoms with Gasteiger partial charge in [-0.2, -0.15) is 8.78 Å². The summed E-state index contributed by atoms with van der Waals surface area (Å²) in [5.41, 5.74) is 0.560. The Labute approximate surface area is 124 Å². The highest BCUT2D eigenvalue weighted by molar-refractivity contribution is 5.40. The summed E-state index contributed by atoms with van der Waals surface area (Å²) in [6.45, 7) is -6.06. The maximum absolute atomic E-state index is 12.9. The molecule has 1 aliphatic heterocycles. The van der Waals surface area contributed by atoms with Crippen molar-refractivity contribution in [1.29, 1.82) is 0 Å². The molecule has 0 radical (unpaired) electrons. The third-order valence-corrected chi connectivity index (χ3v) is 3.88. The quantitative estimate of drug-likeness (QED) is 0.636. The predicted molar refractivity (Wildman–Crippen MR) is 70.3 cm³/mol. The highest BCUT2D eigenvalue weighted by Gasteiger charge is 2.45. The van der Waals surface area contributed by atoms with Crippen LogP contribution in [0.2, 0.25) is 0 Å². The van der Waals surface area contributed by atoms with Gasteiger partial charge in [-0.05, 0) is 30.6 Å². The number of alkyl halides is 2. The van der Waals surface area contributed by atoms with E-state index in [1.807, 2.05) is 0 Å². The molecule has 112 valence electrons. The van der Waals surface area contributed by atoms with Crippen LogP contribution in [-0.4, -0.2) is 29.5 Å². The lowest BCUT2D eigenvalue weighted by Gasteiger charge is -2.31. The van der Waals surface area contributed by atoms with Crippen molar-refractivity contribution < 1.29 is 22.6 Å². The normalized spacial score (nSPS) is 30.9. The Hall–Kier alpha value is -1.86. The molecule has 0 N–H and O–H groups in total. The molecule has 2 bridgehead atoms. The topological polar surface area (TPSA) is 55.6 Å². The first-order valence-corrected chi connectivity index (χ1v) is 6.37. The van der Waals surface area contributed by atoms with Gasteiger partial charge in [0.2, 0.25) is 0 Å². The third-order valence-electron chi connectivity index (χ3n) is 3.88. The number of benzene rings is 1. The standard InChI is InChI=1S/C14H14F2N2O3/c1-17-11-6-8(7-12(11)18(19)20)9-4-2-3-5-10(9)13(17)21-14(15)16/h2-5,7-8,11,13-14H,6H2,1H3/i1D3. The van der Waals surface area contributed by atoms with E-state index in [2.05, 4.69) is 4.74 Å². The molecule has 0 aromatic heterocycles. The maximum Gasteiger partial charge on any atom is 0.347 e. The summed E-state index contributed by atoms with van der Waals surface area (Å²) in [6.07, 6.45) is -0.0531. The number of ether oxygens (including phenoxy) is 1. The lowest BCUT2D eigenvalue weighted by molar-refractivity contribution is -0.433. The minimum atomic E-state index is -3.22. The van der Waals surface area contributed by atoms with Gasteiger partial charge in [0.15, 0.2) is 0 Å². The first-order chi connectivity index (χ1) is 11.2. The van der Waals surface area contributed by atoms with Gasteiger partial charge in [0, 0.05) is 10.0 Å². The second-order valence-electron chi connectivity index (χ2n) is 4.99. The minimum absolute atomic E-state index is 0.134. The van der Waals surface area contributed by atoms with E-state index >= 15 is 0 Å². The van der Waals surface area contributed by atoms with Crippen LogP contribution in [0.1, 0.15) is 33.8 Å². The smallest absolute Gasteiger partial charge is 0.300 e. The summed E-state index contributed by atoms with van der Waals surface area (Å²) in [4.78, 5) is 11.4. The molecule has 0 fully saturated rings. The van der Waals surface area contributed by atoms with Crippen molar-refractivity contribution in [3.05, 3.63) is 57.3 Å². The van der Waals surface area contributed by atoms with Crippen LogP contribution in [0, 0.1) is 10.1 Å². The largest absolute Gasteiger partial charge is 0.347 e. The molecule has 1 heterocycles. The van der Waals surface area contributed by atoms with E-state index in [-0.39, 0.29) is 12.1 Å². The van der Waals surface area contributed by atoms with Crippen molar-refractivity contribution in [1.82, 2.24) is 4.90 Å². The van der Waals surface area contributed by atoms with Crippen molar-refractivity contribution in [3.8, 4) is 0 Å². The maximum atomic E-state index is 12.9. The van der Waals surface area contributed by atoms with Crippen molar-refractivity contribution in [2.45, 2.75) is 31.2 Å². The molecule has 1 aromatic rings. The molecule has 3 unspecified atom stereocenters. The molecule has 21 heavy (non-hydrogen) atoms. The molecule has 1 aliphatic carbocycles. The lowest BCUT2D eigenvalue weighted by atomic mass is 9.94. The summed E-state index contributed by atoms with van der Waals surface area (Å²) in [6, 6.07) is 5.31. The number of allylic oxidation sites excluding steroid dienone is 1. The van der Waals surface area contributed by atoms with E-state index in [0.29, 0.717) is 16.0 Å². The van der Waals surface area contributed by atoms with Crippen molar-refractivity contribution in [3.63, 3.8) is 0 Å². The number of nitro groups is 1. The Bertz CT molecular complexity index is 696. The predicted octanol–water partition coefficient (Wildman–Crippen LogP) is 2.89. The average Bonchev–Trinajstić information content (AvgIpc) is 2.83. The van der Waals surface area contributed by atoms with Gasteiger partial charge in [-0.25, -0.2) is 0 Å². The van der Waals surface area contributed by atoms with E-state index < -0.39 is 36.7 Å². The Morgan fingerprint density at radius 3 is 2.81 bits per heavy atom. The van der Waals surface area contributed by atoms with Crippen LogP contribution < -0.4 is 0 Å². The Morgan fingerprint density at radius 1 is 1.48 bits per heavy atom. The molecule has 0 saturated carbocycles. The SMILES string of the molecule is [2H]C([2H])([2H])N1C2CC(C=C2[N+](=O)[O-])c2ccccc2C1OC(F)F. The summed E-state index contributed by atoms with van der Waals surface area (Å²) in [7, 11) is 0. The molecule has 7 heteroatoms. The van der Waals surface area contributed by atoms with Gasteiger partial charge in [0.1, 0.15) is 12.3 Å². The summed E-state index contributed by atoms with van der Waals surface area (Å²) < 4.78 is 53.6. The zero-order valence-corrected chi connectivity index (χ0v) is 10.8. The van der Waals surface area contributed by atoms with Crippen molar-refractivity contribution in [2.75, 3.05) is 6.98 Å². The van der Waals surface area contributed by atoms with Crippen LogP contribution in [0.25, 0.3) is 0 Å². The lowest BCUT2D eigenvalue weighted by Crippen LogP contribution is -2.38. The van der Waals surface area contributed by atoms with Gasteiger partial charge in [-0.15, -0.1) is 0 Å². The van der Waals surface area contributed by atoms with Crippen molar-refractivity contribution in [2.24, 2.45) is 0 Å². The number of hydrogen-bond acceptors (Lipinski definition) is 4. The summed E-state index contributed by atoms with van der Waals surface area (Å²) >= 11 is 0. The van der Waals surface area contributed by atoms with Crippen LogP contribution in [0.4, 0.5) is 8.78 Å². The second kappa shape index (κ2) is 5.16. The molecule has 0 amide bonds. The Kier molecular flexibility index (Phi) is 2.66. The molecular formula is C14H14F2N2O3. The fourth-order valence-corrected chi connectivity index (χ4v) is 3.02. The fraction of sp³-hybridized carbons (Fsp3) is 0.429. The molecule has 0 saturated heterocycles. The molecular weight excluding hydrogens is 282 g/mol. The molecule has 2 aliphatic rings. The van der Waals surface area contributed by atoms with E-state index in [0.717, 1.165) is 0 Å². The monoisotopic (exact) mass is 299 g/mol. The van der Waals surface area contributed by atoms with E-state index in [1.54, 1.807) is 18.2 Å². The van der Waals surface area contributed by atoms with E-state index in [1.165, 1.54) is 12.1 Å². The molecule has 0 spiro atoms. The number of halogens is 2. The third kappa shape index (κ3) is 2.32. The van der Waals surface area contributed by atoms with Crippen LogP contribution in [0.5, 0.6) is 0 Å². The highest BCUT2D eigenvalue weighted by atomic mass is 19.3. The molecule has 5 nitrogen and oxygen atoms in total. The minimum Gasteiger partial charge on any atom is -0.300 e. The number of hydrogen-bond donors (Lipinski definition) is 0. The number of likely N-dealkylation sites (N-methyl/N-ethyl adjacent to an activating group) is 1. The van der Waals surface area contributed by atoms with Gasteiger partial charge >= 0.3 is 6.61 Å².